The molecule has 29 heavy (non-hydrogen) atoms. The van der Waals surface area contributed by atoms with Crippen molar-refractivity contribution in [2.45, 2.75) is 13.5 Å². The molecule has 150 valence electrons. The summed E-state index contributed by atoms with van der Waals surface area (Å²) in [6, 6.07) is 9.59. The second-order valence-electron chi connectivity index (χ2n) is 6.02. The predicted molar refractivity (Wildman–Crippen MR) is 108 cm³/mol. The van der Waals surface area contributed by atoms with Gasteiger partial charge in [0.05, 0.1) is 16.5 Å². The summed E-state index contributed by atoms with van der Waals surface area (Å²) in [4.78, 5) is 10.6. The first-order valence-electron chi connectivity index (χ1n) is 8.42. The van der Waals surface area contributed by atoms with Gasteiger partial charge in [-0.2, -0.15) is 0 Å². The number of nitro groups is 1. The first kappa shape index (κ1) is 20.5. The molecular formula is C20H16BrFN2O5. The van der Waals surface area contributed by atoms with E-state index < -0.39 is 4.92 Å². The fourth-order valence-corrected chi connectivity index (χ4v) is 3.22. The molecule has 0 fully saturated rings. The second kappa shape index (κ2) is 8.87. The van der Waals surface area contributed by atoms with E-state index >= 15 is 0 Å². The van der Waals surface area contributed by atoms with Gasteiger partial charge in [0.1, 0.15) is 12.4 Å². The van der Waals surface area contributed by atoms with Crippen LogP contribution < -0.4 is 9.47 Å². The lowest BCUT2D eigenvalue weighted by Gasteiger charge is -2.13. The molecule has 0 saturated carbocycles. The van der Waals surface area contributed by atoms with Gasteiger partial charge in [-0.05, 0) is 64.3 Å². The Balaban J connectivity index is 1.84. The number of benzene rings is 2. The summed E-state index contributed by atoms with van der Waals surface area (Å²) in [5.74, 6) is 0.609. The molecule has 0 unspecified atom stereocenters. The fourth-order valence-electron chi connectivity index (χ4n) is 2.64. The van der Waals surface area contributed by atoms with Gasteiger partial charge < -0.3 is 14.0 Å². The van der Waals surface area contributed by atoms with Crippen LogP contribution in [0.5, 0.6) is 11.5 Å². The van der Waals surface area contributed by atoms with Crippen LogP contribution in [-0.2, 0) is 6.61 Å². The van der Waals surface area contributed by atoms with Crippen molar-refractivity contribution in [3.8, 4) is 11.5 Å². The molecule has 0 atom stereocenters. The van der Waals surface area contributed by atoms with Gasteiger partial charge >= 0.3 is 5.69 Å². The van der Waals surface area contributed by atoms with Crippen molar-refractivity contribution >= 4 is 33.8 Å². The third-order valence-electron chi connectivity index (χ3n) is 3.99. The van der Waals surface area contributed by atoms with E-state index in [0.29, 0.717) is 27.1 Å². The molecule has 2 aromatic carbocycles. The first-order chi connectivity index (χ1) is 13.9. The minimum Gasteiger partial charge on any atom is -0.493 e. The lowest BCUT2D eigenvalue weighted by atomic mass is 10.1. The maximum Gasteiger partial charge on any atom is 0.338 e. The summed E-state index contributed by atoms with van der Waals surface area (Å²) in [5, 5.41) is 14.8. The maximum absolute atomic E-state index is 13.3. The summed E-state index contributed by atoms with van der Waals surface area (Å²) in [5.41, 5.74) is 1.39. The number of nitrogens with zero attached hydrogens (tertiary/aromatic N) is 2. The Bertz CT molecular complexity index is 1080. The average molecular weight is 463 g/mol. The number of ether oxygens (including phenoxy) is 2. The largest absolute Gasteiger partial charge is 0.493 e. The van der Waals surface area contributed by atoms with Crippen LogP contribution in [0.25, 0.3) is 12.2 Å². The smallest absolute Gasteiger partial charge is 0.338 e. The van der Waals surface area contributed by atoms with Crippen molar-refractivity contribution in [1.82, 2.24) is 5.16 Å². The van der Waals surface area contributed by atoms with Crippen LogP contribution in [0.1, 0.15) is 22.6 Å². The van der Waals surface area contributed by atoms with Gasteiger partial charge in [0.25, 0.3) is 0 Å². The number of hydrogen-bond donors (Lipinski definition) is 0. The van der Waals surface area contributed by atoms with E-state index in [9.17, 15) is 14.5 Å². The number of halogens is 2. The van der Waals surface area contributed by atoms with E-state index in [4.69, 9.17) is 14.0 Å². The Morgan fingerprint density at radius 1 is 1.31 bits per heavy atom. The van der Waals surface area contributed by atoms with Gasteiger partial charge in [-0.1, -0.05) is 23.4 Å². The fraction of sp³-hybridized carbons (Fsp3) is 0.150. The number of hydrogen-bond acceptors (Lipinski definition) is 6. The zero-order valence-electron chi connectivity index (χ0n) is 15.5. The molecule has 3 aromatic rings. The van der Waals surface area contributed by atoms with Gasteiger partial charge in [-0.15, -0.1) is 0 Å². The Hall–Kier alpha value is -3.20. The van der Waals surface area contributed by atoms with Crippen LogP contribution in [0.15, 0.2) is 45.4 Å². The normalized spacial score (nSPS) is 11.0. The molecule has 0 bridgehead atoms. The van der Waals surface area contributed by atoms with Crippen molar-refractivity contribution in [3.05, 3.63) is 79.4 Å². The van der Waals surface area contributed by atoms with Crippen LogP contribution >= 0.6 is 15.9 Å². The lowest BCUT2D eigenvalue weighted by molar-refractivity contribution is -0.386. The monoisotopic (exact) mass is 462 g/mol. The average Bonchev–Trinajstić information content (AvgIpc) is 3.05. The van der Waals surface area contributed by atoms with Crippen LogP contribution in [-0.4, -0.2) is 17.2 Å². The van der Waals surface area contributed by atoms with Gasteiger partial charge in [0.15, 0.2) is 17.2 Å². The number of rotatable bonds is 7. The van der Waals surface area contributed by atoms with Crippen LogP contribution in [0, 0.1) is 22.9 Å². The van der Waals surface area contributed by atoms with Crippen molar-refractivity contribution in [3.63, 3.8) is 0 Å². The molecule has 0 aliphatic heterocycles. The second-order valence-corrected chi connectivity index (χ2v) is 6.88. The molecule has 0 spiro atoms. The summed E-state index contributed by atoms with van der Waals surface area (Å²) in [7, 11) is 1.50. The van der Waals surface area contributed by atoms with Crippen molar-refractivity contribution in [1.29, 1.82) is 0 Å². The molecular weight excluding hydrogens is 447 g/mol. The van der Waals surface area contributed by atoms with E-state index in [1.807, 2.05) is 0 Å². The quantitative estimate of drug-likeness (QED) is 0.337. The zero-order chi connectivity index (χ0) is 21.0. The summed E-state index contributed by atoms with van der Waals surface area (Å²) >= 11 is 3.44. The predicted octanol–water partition coefficient (Wildman–Crippen LogP) is 5.55. The number of aromatic nitrogens is 1. The van der Waals surface area contributed by atoms with Gasteiger partial charge in [-0.3, -0.25) is 10.1 Å². The highest BCUT2D eigenvalue weighted by atomic mass is 79.9. The minimum absolute atomic E-state index is 0.0500. The molecule has 0 saturated heterocycles. The summed E-state index contributed by atoms with van der Waals surface area (Å²) in [6.07, 6.45) is 3.10. The molecule has 1 heterocycles. The Morgan fingerprint density at radius 2 is 2.10 bits per heavy atom. The molecule has 0 radical (unpaired) electrons. The zero-order valence-corrected chi connectivity index (χ0v) is 17.1. The molecule has 1 aromatic heterocycles. The van der Waals surface area contributed by atoms with Gasteiger partial charge in [0.2, 0.25) is 5.76 Å². The third kappa shape index (κ3) is 4.80. The van der Waals surface area contributed by atoms with E-state index in [2.05, 4.69) is 21.1 Å². The standard InChI is InChI=1S/C20H16BrFN2O5/c1-12-19(24(25)26)17(29-23-12)7-6-13-9-16(21)20(18(10-13)27-2)28-11-14-4-3-5-15(22)8-14/h3-10H,11H2,1-2H3/b7-6-. The molecule has 0 N–H and O–H groups in total. The highest BCUT2D eigenvalue weighted by Crippen LogP contribution is 2.38. The number of methoxy groups -OCH3 is 1. The Kier molecular flexibility index (Phi) is 6.28. The van der Waals surface area contributed by atoms with Gasteiger partial charge in [0, 0.05) is 0 Å². The van der Waals surface area contributed by atoms with Crippen molar-refractivity contribution < 1.29 is 23.3 Å². The van der Waals surface area contributed by atoms with E-state index in [1.54, 1.807) is 30.3 Å². The highest BCUT2D eigenvalue weighted by Gasteiger charge is 2.22. The molecule has 0 aliphatic rings. The molecule has 9 heteroatoms. The maximum atomic E-state index is 13.3. The van der Waals surface area contributed by atoms with E-state index in [0.717, 1.165) is 0 Å². The first-order valence-corrected chi connectivity index (χ1v) is 9.22. The van der Waals surface area contributed by atoms with E-state index in [-0.39, 0.29) is 29.6 Å². The van der Waals surface area contributed by atoms with E-state index in [1.165, 1.54) is 32.2 Å². The molecule has 0 amide bonds. The number of aryl methyl sites for hydroxylation is 1. The van der Waals surface area contributed by atoms with Crippen LogP contribution in [0.3, 0.4) is 0 Å². The third-order valence-corrected chi connectivity index (χ3v) is 4.58. The van der Waals surface area contributed by atoms with Gasteiger partial charge in [-0.25, -0.2) is 4.39 Å². The SMILES string of the molecule is COc1cc(/C=C\c2onc(C)c2[N+](=O)[O-])cc(Br)c1OCc1cccc(F)c1. The van der Waals surface area contributed by atoms with Crippen LogP contribution in [0.4, 0.5) is 10.1 Å². The summed E-state index contributed by atoms with van der Waals surface area (Å²) < 4.78 is 30.1. The molecule has 7 nitrogen and oxygen atoms in total. The van der Waals surface area contributed by atoms with Crippen LogP contribution in [0.2, 0.25) is 0 Å². The van der Waals surface area contributed by atoms with Crippen molar-refractivity contribution in [2.75, 3.05) is 7.11 Å². The topological polar surface area (TPSA) is 87.6 Å². The van der Waals surface area contributed by atoms with Crippen molar-refractivity contribution in [2.24, 2.45) is 0 Å². The lowest BCUT2D eigenvalue weighted by Crippen LogP contribution is -1.99. The summed E-state index contributed by atoms with van der Waals surface area (Å²) in [6.45, 7) is 1.66. The molecule has 0 aliphatic carbocycles. The minimum atomic E-state index is -0.536. The Morgan fingerprint density at radius 3 is 2.79 bits per heavy atom. The molecule has 3 rings (SSSR count). The highest BCUT2D eigenvalue weighted by molar-refractivity contribution is 9.10. The Labute approximate surface area is 174 Å².